The molecule has 112 valence electrons. The minimum absolute atomic E-state index is 0.00522. The Morgan fingerprint density at radius 3 is 2.95 bits per heavy atom. The van der Waals surface area contributed by atoms with Gasteiger partial charge in [0.15, 0.2) is 5.82 Å². The molecule has 1 aromatic rings. The highest BCUT2D eigenvalue weighted by atomic mass is 32.2. The van der Waals surface area contributed by atoms with Crippen LogP contribution in [0.2, 0.25) is 0 Å². The SMILES string of the molecule is COC(=O)C(N)CCSCCn1c([N+](=O)[O-])cnc1C. The van der Waals surface area contributed by atoms with E-state index in [4.69, 9.17) is 5.73 Å². The molecule has 1 unspecified atom stereocenters. The van der Waals surface area contributed by atoms with Gasteiger partial charge in [-0.15, -0.1) is 0 Å². The molecule has 0 bridgehead atoms. The number of thioether (sulfide) groups is 1. The molecule has 0 aliphatic carbocycles. The summed E-state index contributed by atoms with van der Waals surface area (Å²) in [5.41, 5.74) is 5.60. The number of hydrogen-bond acceptors (Lipinski definition) is 7. The molecular formula is C11H18N4O4S. The average molecular weight is 302 g/mol. The first kappa shape index (κ1) is 16.4. The summed E-state index contributed by atoms with van der Waals surface area (Å²) in [5.74, 6) is 1.56. The zero-order chi connectivity index (χ0) is 15.1. The van der Waals surface area contributed by atoms with Gasteiger partial charge in [-0.1, -0.05) is 0 Å². The van der Waals surface area contributed by atoms with E-state index in [0.29, 0.717) is 30.3 Å². The zero-order valence-electron chi connectivity index (χ0n) is 11.4. The molecule has 0 saturated carbocycles. The maximum atomic E-state index is 11.1. The third-order valence-corrected chi connectivity index (χ3v) is 3.75. The third-order valence-electron chi connectivity index (χ3n) is 2.76. The highest BCUT2D eigenvalue weighted by molar-refractivity contribution is 7.99. The largest absolute Gasteiger partial charge is 0.468 e. The van der Waals surface area contributed by atoms with Crippen LogP contribution in [0.15, 0.2) is 6.20 Å². The van der Waals surface area contributed by atoms with Crippen LogP contribution in [0.1, 0.15) is 12.2 Å². The fourth-order valence-electron chi connectivity index (χ4n) is 1.62. The Balaban J connectivity index is 2.33. The van der Waals surface area contributed by atoms with Crippen molar-refractivity contribution in [3.8, 4) is 0 Å². The third kappa shape index (κ3) is 4.49. The fourth-order valence-corrected chi connectivity index (χ4v) is 2.55. The summed E-state index contributed by atoms with van der Waals surface area (Å²) < 4.78 is 6.09. The molecule has 0 amide bonds. The van der Waals surface area contributed by atoms with E-state index < -0.39 is 16.9 Å². The fraction of sp³-hybridized carbons (Fsp3) is 0.636. The van der Waals surface area contributed by atoms with Crippen molar-refractivity contribution in [1.29, 1.82) is 0 Å². The van der Waals surface area contributed by atoms with Crippen molar-refractivity contribution in [1.82, 2.24) is 9.55 Å². The lowest BCUT2D eigenvalue weighted by Crippen LogP contribution is -2.32. The minimum atomic E-state index is -0.614. The molecule has 1 heterocycles. The normalized spacial score (nSPS) is 12.2. The second-order valence-electron chi connectivity index (χ2n) is 4.10. The molecule has 1 rings (SSSR count). The first-order chi connectivity index (χ1) is 9.47. The van der Waals surface area contributed by atoms with Crippen molar-refractivity contribution in [2.75, 3.05) is 18.6 Å². The predicted octanol–water partition coefficient (Wildman–Crippen LogP) is 0.723. The van der Waals surface area contributed by atoms with Gasteiger partial charge in [0, 0.05) is 12.7 Å². The molecule has 0 aliphatic rings. The van der Waals surface area contributed by atoms with E-state index in [1.807, 2.05) is 0 Å². The van der Waals surface area contributed by atoms with Gasteiger partial charge in [-0.3, -0.25) is 4.79 Å². The number of imidazole rings is 1. The number of hydrogen-bond donors (Lipinski definition) is 1. The van der Waals surface area contributed by atoms with E-state index in [1.54, 1.807) is 23.3 Å². The zero-order valence-corrected chi connectivity index (χ0v) is 12.3. The maximum Gasteiger partial charge on any atom is 0.342 e. The van der Waals surface area contributed by atoms with Crippen LogP contribution in [0, 0.1) is 17.0 Å². The van der Waals surface area contributed by atoms with Crippen molar-refractivity contribution in [2.45, 2.75) is 25.9 Å². The van der Waals surface area contributed by atoms with Gasteiger partial charge >= 0.3 is 11.8 Å². The van der Waals surface area contributed by atoms with Crippen LogP contribution in [0.3, 0.4) is 0 Å². The highest BCUT2D eigenvalue weighted by Crippen LogP contribution is 2.15. The monoisotopic (exact) mass is 302 g/mol. The molecule has 0 aromatic carbocycles. The van der Waals surface area contributed by atoms with E-state index in [9.17, 15) is 14.9 Å². The van der Waals surface area contributed by atoms with Gasteiger partial charge in [0.2, 0.25) is 0 Å². The number of aryl methyl sites for hydroxylation is 1. The number of nitrogens with two attached hydrogens (primary N) is 1. The summed E-state index contributed by atoms with van der Waals surface area (Å²) in [6.45, 7) is 2.23. The summed E-state index contributed by atoms with van der Waals surface area (Å²) in [4.78, 5) is 25.4. The molecule has 0 spiro atoms. The van der Waals surface area contributed by atoms with Gasteiger partial charge in [0.25, 0.3) is 0 Å². The molecule has 1 aromatic heterocycles. The summed E-state index contributed by atoms with van der Waals surface area (Å²) in [5, 5.41) is 10.8. The highest BCUT2D eigenvalue weighted by Gasteiger charge is 2.17. The Morgan fingerprint density at radius 1 is 1.65 bits per heavy atom. The van der Waals surface area contributed by atoms with Gasteiger partial charge < -0.3 is 20.6 Å². The standard InChI is InChI=1S/C11H18N4O4S/c1-8-13-7-10(15(17)18)14(8)4-6-20-5-3-9(12)11(16)19-2/h7,9H,3-6,12H2,1-2H3. The van der Waals surface area contributed by atoms with Gasteiger partial charge in [0.05, 0.1) is 7.11 Å². The molecule has 0 saturated heterocycles. The number of nitrogens with zero attached hydrogens (tertiary/aromatic N) is 3. The topological polar surface area (TPSA) is 113 Å². The minimum Gasteiger partial charge on any atom is -0.468 e. The van der Waals surface area contributed by atoms with Crippen molar-refractivity contribution in [3.05, 3.63) is 22.1 Å². The first-order valence-corrected chi connectivity index (χ1v) is 7.20. The Morgan fingerprint density at radius 2 is 2.35 bits per heavy atom. The van der Waals surface area contributed by atoms with Crippen LogP contribution < -0.4 is 5.73 Å². The second kappa shape index (κ2) is 7.85. The second-order valence-corrected chi connectivity index (χ2v) is 5.33. The molecule has 2 N–H and O–H groups in total. The Bertz CT molecular complexity index is 477. The van der Waals surface area contributed by atoms with Crippen LogP contribution in [0.4, 0.5) is 5.82 Å². The Hall–Kier alpha value is -1.61. The predicted molar refractivity (Wildman–Crippen MR) is 75.6 cm³/mol. The number of aromatic nitrogens is 2. The lowest BCUT2D eigenvalue weighted by molar-refractivity contribution is -0.392. The van der Waals surface area contributed by atoms with Crippen LogP contribution in [-0.4, -0.2) is 45.1 Å². The van der Waals surface area contributed by atoms with Crippen LogP contribution in [-0.2, 0) is 16.1 Å². The molecule has 8 nitrogen and oxygen atoms in total. The van der Waals surface area contributed by atoms with Crippen LogP contribution in [0.25, 0.3) is 0 Å². The van der Waals surface area contributed by atoms with Gasteiger partial charge in [-0.2, -0.15) is 11.8 Å². The molecule has 1 atom stereocenters. The van der Waals surface area contributed by atoms with Crippen molar-refractivity contribution < 1.29 is 14.5 Å². The van der Waals surface area contributed by atoms with E-state index in [2.05, 4.69) is 9.72 Å². The lowest BCUT2D eigenvalue weighted by Gasteiger charge is -2.08. The van der Waals surface area contributed by atoms with Gasteiger partial charge in [0.1, 0.15) is 18.8 Å². The maximum absolute atomic E-state index is 11.1. The van der Waals surface area contributed by atoms with E-state index in [-0.39, 0.29) is 5.82 Å². The van der Waals surface area contributed by atoms with Crippen molar-refractivity contribution >= 4 is 23.5 Å². The smallest absolute Gasteiger partial charge is 0.342 e. The van der Waals surface area contributed by atoms with Crippen molar-refractivity contribution in [2.24, 2.45) is 5.73 Å². The molecule has 20 heavy (non-hydrogen) atoms. The van der Waals surface area contributed by atoms with E-state index in [1.165, 1.54) is 13.3 Å². The summed E-state index contributed by atoms with van der Waals surface area (Å²) in [7, 11) is 1.30. The summed E-state index contributed by atoms with van der Waals surface area (Å²) in [6, 6.07) is -0.614. The van der Waals surface area contributed by atoms with Crippen molar-refractivity contribution in [3.63, 3.8) is 0 Å². The number of carbonyl (C=O) groups excluding carboxylic acids is 1. The first-order valence-electron chi connectivity index (χ1n) is 6.05. The molecule has 0 aliphatic heterocycles. The number of esters is 1. The Labute approximate surface area is 120 Å². The molecular weight excluding hydrogens is 284 g/mol. The average Bonchev–Trinajstić information content (AvgIpc) is 2.78. The van der Waals surface area contributed by atoms with E-state index in [0.717, 1.165) is 0 Å². The number of methoxy groups -OCH3 is 1. The molecule has 0 fully saturated rings. The number of ether oxygens (including phenoxy) is 1. The van der Waals surface area contributed by atoms with E-state index >= 15 is 0 Å². The number of carbonyl (C=O) groups is 1. The molecule has 0 radical (unpaired) electrons. The summed E-state index contributed by atoms with van der Waals surface area (Å²) >= 11 is 1.58. The molecule has 9 heteroatoms. The lowest BCUT2D eigenvalue weighted by atomic mass is 10.2. The quantitative estimate of drug-likeness (QED) is 0.326. The van der Waals surface area contributed by atoms with Gasteiger partial charge in [-0.25, -0.2) is 9.55 Å². The number of nitro groups is 1. The number of rotatable bonds is 8. The Kier molecular flexibility index (Phi) is 6.46. The summed E-state index contributed by atoms with van der Waals surface area (Å²) in [6.07, 6.45) is 1.77. The van der Waals surface area contributed by atoms with Gasteiger partial charge in [-0.05, 0) is 17.1 Å². The van der Waals surface area contributed by atoms with Crippen LogP contribution in [0.5, 0.6) is 0 Å². The van der Waals surface area contributed by atoms with Crippen LogP contribution >= 0.6 is 11.8 Å².